The maximum absolute atomic E-state index is 12.7. The van der Waals surface area contributed by atoms with E-state index in [9.17, 15) is 8.42 Å². The fourth-order valence-electron chi connectivity index (χ4n) is 2.85. The molecule has 0 spiro atoms. The van der Waals surface area contributed by atoms with Crippen molar-refractivity contribution in [1.82, 2.24) is 19.5 Å². The number of aromatic nitrogens is 3. The van der Waals surface area contributed by atoms with Crippen LogP contribution in [-0.2, 0) is 16.6 Å². The van der Waals surface area contributed by atoms with Crippen LogP contribution in [0.3, 0.4) is 0 Å². The topological polar surface area (TPSA) is 76.9 Å². The molecule has 0 saturated heterocycles. The van der Waals surface area contributed by atoms with E-state index >= 15 is 0 Å². The zero-order chi connectivity index (χ0) is 16.8. The number of hydrogen-bond acceptors (Lipinski definition) is 5. The molecule has 0 bridgehead atoms. The Bertz CT molecular complexity index is 821. The molecule has 2 aromatic rings. The van der Waals surface area contributed by atoms with E-state index in [1.807, 2.05) is 32.4 Å². The number of rotatable bonds is 4. The molecule has 0 aromatic carbocycles. The van der Waals surface area contributed by atoms with Crippen molar-refractivity contribution < 1.29 is 8.42 Å². The third kappa shape index (κ3) is 3.20. The normalized spacial score (nSPS) is 18.4. The van der Waals surface area contributed by atoms with Gasteiger partial charge in [-0.1, -0.05) is 13.8 Å². The number of hydrogen-bond donors (Lipinski definition) is 1. The minimum Gasteiger partial charge on any atom is -0.248 e. The third-order valence-electron chi connectivity index (χ3n) is 3.99. The van der Waals surface area contributed by atoms with E-state index in [0.29, 0.717) is 4.90 Å². The molecule has 8 heteroatoms. The molecule has 0 radical (unpaired) electrons. The monoisotopic (exact) mass is 354 g/mol. The Morgan fingerprint density at radius 3 is 2.74 bits per heavy atom. The Kier molecular flexibility index (Phi) is 4.33. The molecule has 0 aliphatic carbocycles. The van der Waals surface area contributed by atoms with Crippen LogP contribution >= 0.6 is 11.3 Å². The van der Waals surface area contributed by atoms with Gasteiger partial charge in [0.25, 0.3) is 0 Å². The molecule has 3 heterocycles. The van der Waals surface area contributed by atoms with Gasteiger partial charge in [-0.15, -0.1) is 11.3 Å². The van der Waals surface area contributed by atoms with Crippen LogP contribution in [-0.4, -0.2) is 23.2 Å². The fraction of sp³-hybridized carbons (Fsp3) is 0.600. The van der Waals surface area contributed by atoms with Crippen molar-refractivity contribution in [2.45, 2.75) is 63.9 Å². The van der Waals surface area contributed by atoms with E-state index < -0.39 is 10.0 Å². The fourth-order valence-corrected chi connectivity index (χ4v) is 5.63. The predicted octanol–water partition coefficient (Wildman–Crippen LogP) is 2.89. The lowest BCUT2D eigenvalue weighted by molar-refractivity contribution is 0.399. The number of aryl methyl sites for hydroxylation is 3. The van der Waals surface area contributed by atoms with Gasteiger partial charge in [-0.2, -0.15) is 5.10 Å². The van der Waals surface area contributed by atoms with Crippen molar-refractivity contribution in [3.8, 4) is 0 Å². The summed E-state index contributed by atoms with van der Waals surface area (Å²) in [7, 11) is -3.54. The van der Waals surface area contributed by atoms with Gasteiger partial charge in [0.1, 0.15) is 5.82 Å². The Morgan fingerprint density at radius 1 is 1.39 bits per heavy atom. The molecule has 0 saturated carbocycles. The largest absolute Gasteiger partial charge is 0.248 e. The molecule has 3 rings (SSSR count). The van der Waals surface area contributed by atoms with Crippen molar-refractivity contribution in [3.05, 3.63) is 27.5 Å². The van der Waals surface area contributed by atoms with Gasteiger partial charge in [-0.05, 0) is 32.8 Å². The summed E-state index contributed by atoms with van der Waals surface area (Å²) in [6, 6.07) is 1.42. The minimum absolute atomic E-state index is 0.229. The summed E-state index contributed by atoms with van der Waals surface area (Å²) in [5.74, 6) is 1.73. The van der Waals surface area contributed by atoms with Gasteiger partial charge < -0.3 is 0 Å². The van der Waals surface area contributed by atoms with Crippen LogP contribution in [0.25, 0.3) is 0 Å². The van der Waals surface area contributed by atoms with E-state index in [1.165, 1.54) is 11.3 Å². The third-order valence-corrected chi connectivity index (χ3v) is 6.68. The lowest BCUT2D eigenvalue weighted by Crippen LogP contribution is -2.33. The Hall–Kier alpha value is -1.25. The van der Waals surface area contributed by atoms with Crippen LogP contribution in [0.2, 0.25) is 0 Å². The van der Waals surface area contributed by atoms with Gasteiger partial charge in [0.15, 0.2) is 5.82 Å². The standard InChI is InChI=1S/C15H22N4O2S2/c1-9(2)14-16-15-12(6-5-7-19(15)17-14)18-23(20,21)13-8-10(3)22-11(13)4/h8-9,12,18H,5-7H2,1-4H3/t12-/m0/s1. The summed E-state index contributed by atoms with van der Waals surface area (Å²) in [5, 5.41) is 4.50. The number of nitrogens with zero attached hydrogens (tertiary/aromatic N) is 3. The summed E-state index contributed by atoms with van der Waals surface area (Å²) in [6.45, 7) is 8.63. The van der Waals surface area contributed by atoms with Crippen LogP contribution in [0.4, 0.5) is 0 Å². The zero-order valence-electron chi connectivity index (χ0n) is 13.8. The first-order chi connectivity index (χ1) is 10.8. The second-order valence-electron chi connectivity index (χ2n) is 6.30. The first-order valence-corrected chi connectivity index (χ1v) is 10.1. The number of fused-ring (bicyclic) bond motifs is 1. The lowest BCUT2D eigenvalue weighted by atomic mass is 10.1. The Morgan fingerprint density at radius 2 is 2.13 bits per heavy atom. The van der Waals surface area contributed by atoms with Crippen molar-refractivity contribution in [2.24, 2.45) is 0 Å². The van der Waals surface area contributed by atoms with Gasteiger partial charge in [0.05, 0.1) is 10.9 Å². The van der Waals surface area contributed by atoms with Crippen LogP contribution in [0, 0.1) is 13.8 Å². The molecule has 0 unspecified atom stereocenters. The van der Waals surface area contributed by atoms with Crippen LogP contribution in [0.15, 0.2) is 11.0 Å². The molecule has 1 aliphatic heterocycles. The molecule has 0 fully saturated rings. The summed E-state index contributed by atoms with van der Waals surface area (Å²) in [5.41, 5.74) is 0. The highest BCUT2D eigenvalue weighted by molar-refractivity contribution is 7.89. The zero-order valence-corrected chi connectivity index (χ0v) is 15.5. The van der Waals surface area contributed by atoms with E-state index in [-0.39, 0.29) is 12.0 Å². The highest BCUT2D eigenvalue weighted by Gasteiger charge is 2.30. The average Bonchev–Trinajstić information content (AvgIpc) is 3.02. The molecule has 1 aliphatic rings. The molecule has 2 aromatic heterocycles. The SMILES string of the molecule is Cc1cc(S(=O)(=O)N[C@H]2CCCn3nc(C(C)C)nc32)c(C)s1. The quantitative estimate of drug-likeness (QED) is 0.916. The number of sulfonamides is 1. The van der Waals surface area contributed by atoms with Gasteiger partial charge >= 0.3 is 0 Å². The minimum atomic E-state index is -3.54. The number of thiophene rings is 1. The molecule has 6 nitrogen and oxygen atoms in total. The molecule has 23 heavy (non-hydrogen) atoms. The summed E-state index contributed by atoms with van der Waals surface area (Å²) < 4.78 is 30.1. The van der Waals surface area contributed by atoms with Gasteiger partial charge in [0, 0.05) is 22.2 Å². The predicted molar refractivity (Wildman–Crippen MR) is 90.2 cm³/mol. The summed E-state index contributed by atoms with van der Waals surface area (Å²) in [6.07, 6.45) is 1.64. The Balaban J connectivity index is 1.91. The molecule has 0 amide bonds. The van der Waals surface area contributed by atoms with Crippen molar-refractivity contribution in [1.29, 1.82) is 0 Å². The van der Waals surface area contributed by atoms with Gasteiger partial charge in [0.2, 0.25) is 10.0 Å². The van der Waals surface area contributed by atoms with E-state index in [4.69, 9.17) is 0 Å². The van der Waals surface area contributed by atoms with E-state index in [0.717, 1.165) is 40.8 Å². The van der Waals surface area contributed by atoms with Crippen molar-refractivity contribution in [3.63, 3.8) is 0 Å². The summed E-state index contributed by atoms with van der Waals surface area (Å²) in [4.78, 5) is 6.75. The first-order valence-electron chi connectivity index (χ1n) is 7.82. The van der Waals surface area contributed by atoms with E-state index in [2.05, 4.69) is 14.8 Å². The van der Waals surface area contributed by atoms with Crippen molar-refractivity contribution >= 4 is 21.4 Å². The highest BCUT2D eigenvalue weighted by Crippen LogP contribution is 2.29. The highest BCUT2D eigenvalue weighted by atomic mass is 32.2. The molecule has 1 N–H and O–H groups in total. The second-order valence-corrected chi connectivity index (χ2v) is 9.44. The molecular weight excluding hydrogens is 332 g/mol. The molecule has 1 atom stereocenters. The lowest BCUT2D eigenvalue weighted by Gasteiger charge is -2.22. The Labute approximate surface area is 141 Å². The molecular formula is C15H22N4O2S2. The van der Waals surface area contributed by atoms with Gasteiger partial charge in [-0.3, -0.25) is 0 Å². The van der Waals surface area contributed by atoms with Crippen LogP contribution < -0.4 is 4.72 Å². The second kappa shape index (κ2) is 5.99. The molecule has 126 valence electrons. The maximum atomic E-state index is 12.7. The van der Waals surface area contributed by atoms with Crippen molar-refractivity contribution in [2.75, 3.05) is 0 Å². The maximum Gasteiger partial charge on any atom is 0.242 e. The van der Waals surface area contributed by atoms with Crippen LogP contribution in [0.5, 0.6) is 0 Å². The van der Waals surface area contributed by atoms with E-state index in [1.54, 1.807) is 6.07 Å². The number of nitrogens with one attached hydrogen (secondary N) is 1. The van der Waals surface area contributed by atoms with Crippen LogP contribution in [0.1, 0.15) is 60.1 Å². The van der Waals surface area contributed by atoms with Gasteiger partial charge in [-0.25, -0.2) is 22.8 Å². The average molecular weight is 355 g/mol. The smallest absolute Gasteiger partial charge is 0.242 e. The summed E-state index contributed by atoms with van der Waals surface area (Å²) >= 11 is 1.50. The first kappa shape index (κ1) is 16.6.